The molecule has 3 heteroatoms. The van der Waals surface area contributed by atoms with E-state index in [2.05, 4.69) is 13.8 Å². The van der Waals surface area contributed by atoms with E-state index in [0.29, 0.717) is 5.92 Å². The molecule has 1 aromatic rings. The normalized spacial score (nSPS) is 14.9. The van der Waals surface area contributed by atoms with Gasteiger partial charge in [0.05, 0.1) is 6.10 Å². The summed E-state index contributed by atoms with van der Waals surface area (Å²) >= 11 is 5.98. The Morgan fingerprint density at radius 3 is 2.53 bits per heavy atom. The van der Waals surface area contributed by atoms with Gasteiger partial charge in [-0.15, -0.1) is 0 Å². The average molecular weight is 256 g/mol. The summed E-state index contributed by atoms with van der Waals surface area (Å²) in [5.74, 6) is 0.642. The second-order valence-corrected chi connectivity index (χ2v) is 5.32. The molecule has 0 radical (unpaired) electrons. The molecule has 17 heavy (non-hydrogen) atoms. The van der Waals surface area contributed by atoms with Crippen molar-refractivity contribution < 1.29 is 4.74 Å². The summed E-state index contributed by atoms with van der Waals surface area (Å²) in [6.45, 7) is 7.06. The number of nitrogens with two attached hydrogens (primary N) is 1. The Morgan fingerprint density at radius 1 is 1.29 bits per heavy atom. The molecule has 0 heterocycles. The van der Waals surface area contributed by atoms with E-state index in [0.717, 1.165) is 23.6 Å². The second kappa shape index (κ2) is 7.00. The average Bonchev–Trinajstić information content (AvgIpc) is 2.23. The minimum Gasteiger partial charge on any atom is -0.372 e. The Kier molecular flexibility index (Phi) is 5.96. The molecule has 2 nitrogen and oxygen atoms in total. The molecule has 96 valence electrons. The van der Waals surface area contributed by atoms with Crippen LogP contribution < -0.4 is 5.73 Å². The predicted molar refractivity (Wildman–Crippen MR) is 73.2 cm³/mol. The summed E-state index contributed by atoms with van der Waals surface area (Å²) in [5.41, 5.74) is 7.02. The summed E-state index contributed by atoms with van der Waals surface area (Å²) < 4.78 is 5.87. The third kappa shape index (κ3) is 5.07. The topological polar surface area (TPSA) is 35.2 Å². The van der Waals surface area contributed by atoms with Crippen molar-refractivity contribution in [2.24, 2.45) is 11.7 Å². The van der Waals surface area contributed by atoms with Crippen molar-refractivity contribution in [2.45, 2.75) is 39.3 Å². The molecule has 0 aliphatic rings. The molecule has 0 aliphatic heterocycles. The van der Waals surface area contributed by atoms with Crippen LogP contribution in [0.25, 0.3) is 0 Å². The van der Waals surface area contributed by atoms with Gasteiger partial charge in [-0.05, 0) is 37.0 Å². The quantitative estimate of drug-likeness (QED) is 0.839. The fraction of sp³-hybridized carbons (Fsp3) is 0.571. The molecule has 2 atom stereocenters. The van der Waals surface area contributed by atoms with Crippen LogP contribution in [0.5, 0.6) is 0 Å². The summed E-state index contributed by atoms with van der Waals surface area (Å²) in [5, 5.41) is 0.723. The maximum absolute atomic E-state index is 5.98. The van der Waals surface area contributed by atoms with Crippen molar-refractivity contribution in [3.8, 4) is 0 Å². The maximum atomic E-state index is 5.98. The smallest absolute Gasteiger partial charge is 0.0973 e. The van der Waals surface area contributed by atoms with Crippen molar-refractivity contribution in [1.82, 2.24) is 0 Å². The Hall–Kier alpha value is -0.570. The minimum atomic E-state index is -0.0764. The van der Waals surface area contributed by atoms with Crippen LogP contribution in [-0.2, 0) is 4.74 Å². The van der Waals surface area contributed by atoms with Gasteiger partial charge in [0.15, 0.2) is 0 Å². The van der Waals surface area contributed by atoms with Gasteiger partial charge in [-0.25, -0.2) is 0 Å². The van der Waals surface area contributed by atoms with Gasteiger partial charge in [-0.3, -0.25) is 0 Å². The Labute approximate surface area is 109 Å². The first-order valence-electron chi connectivity index (χ1n) is 6.13. The molecule has 0 fully saturated rings. The zero-order chi connectivity index (χ0) is 12.8. The van der Waals surface area contributed by atoms with Crippen molar-refractivity contribution in [3.05, 3.63) is 34.9 Å². The second-order valence-electron chi connectivity index (χ2n) is 4.89. The summed E-state index contributed by atoms with van der Waals surface area (Å²) in [6, 6.07) is 7.68. The Bertz CT molecular complexity index is 339. The zero-order valence-electron chi connectivity index (χ0n) is 10.8. The highest BCUT2D eigenvalue weighted by atomic mass is 35.5. The van der Waals surface area contributed by atoms with E-state index in [9.17, 15) is 0 Å². The molecule has 1 rings (SSSR count). The molecule has 0 amide bonds. The minimum absolute atomic E-state index is 0.0411. The van der Waals surface area contributed by atoms with Gasteiger partial charge in [0, 0.05) is 17.7 Å². The van der Waals surface area contributed by atoms with Gasteiger partial charge in [-0.2, -0.15) is 0 Å². The molecule has 0 spiro atoms. The van der Waals surface area contributed by atoms with Gasteiger partial charge >= 0.3 is 0 Å². The van der Waals surface area contributed by atoms with Crippen molar-refractivity contribution >= 4 is 11.6 Å². The Morgan fingerprint density at radius 2 is 2.00 bits per heavy atom. The lowest BCUT2D eigenvalue weighted by atomic mass is 10.0. The molecule has 0 saturated heterocycles. The van der Waals surface area contributed by atoms with Gasteiger partial charge in [0.1, 0.15) is 0 Å². The molecular formula is C14H22ClNO. The van der Waals surface area contributed by atoms with Crippen LogP contribution in [-0.4, -0.2) is 12.6 Å². The molecule has 0 bridgehead atoms. The Balaban J connectivity index is 2.66. The lowest BCUT2D eigenvalue weighted by Gasteiger charge is -2.22. The lowest BCUT2D eigenvalue weighted by Crippen LogP contribution is -2.27. The van der Waals surface area contributed by atoms with E-state index in [1.54, 1.807) is 0 Å². The van der Waals surface area contributed by atoms with Crippen LogP contribution >= 0.6 is 11.6 Å². The third-order valence-corrected chi connectivity index (χ3v) is 2.88. The molecule has 1 aromatic carbocycles. The SMILES string of the molecule is CC(C)CCOC(c1cccc(Cl)c1)C(C)N. The fourth-order valence-corrected chi connectivity index (χ4v) is 1.86. The first-order valence-corrected chi connectivity index (χ1v) is 6.51. The first-order chi connectivity index (χ1) is 8.00. The van der Waals surface area contributed by atoms with E-state index < -0.39 is 0 Å². The van der Waals surface area contributed by atoms with E-state index in [1.807, 2.05) is 31.2 Å². The first kappa shape index (κ1) is 14.5. The van der Waals surface area contributed by atoms with Crippen molar-refractivity contribution in [1.29, 1.82) is 0 Å². The highest BCUT2D eigenvalue weighted by Gasteiger charge is 2.17. The van der Waals surface area contributed by atoms with Gasteiger partial charge < -0.3 is 10.5 Å². The number of ether oxygens (including phenoxy) is 1. The van der Waals surface area contributed by atoms with Crippen LogP contribution in [0, 0.1) is 5.92 Å². The number of hydrogen-bond donors (Lipinski definition) is 1. The van der Waals surface area contributed by atoms with Crippen LogP contribution in [0.4, 0.5) is 0 Å². The van der Waals surface area contributed by atoms with Crippen molar-refractivity contribution in [3.63, 3.8) is 0 Å². The number of benzene rings is 1. The third-order valence-electron chi connectivity index (χ3n) is 2.65. The zero-order valence-corrected chi connectivity index (χ0v) is 11.6. The highest BCUT2D eigenvalue weighted by molar-refractivity contribution is 6.30. The fourth-order valence-electron chi connectivity index (χ4n) is 1.67. The number of hydrogen-bond acceptors (Lipinski definition) is 2. The number of halogens is 1. The monoisotopic (exact) mass is 255 g/mol. The van der Waals surface area contributed by atoms with E-state index in [4.69, 9.17) is 22.1 Å². The summed E-state index contributed by atoms with van der Waals surface area (Å²) in [4.78, 5) is 0. The largest absolute Gasteiger partial charge is 0.372 e. The number of rotatable bonds is 6. The molecule has 2 N–H and O–H groups in total. The van der Waals surface area contributed by atoms with Crippen LogP contribution in [0.1, 0.15) is 38.9 Å². The highest BCUT2D eigenvalue weighted by Crippen LogP contribution is 2.23. The summed E-state index contributed by atoms with van der Waals surface area (Å²) in [7, 11) is 0. The van der Waals surface area contributed by atoms with Gasteiger partial charge in [0.25, 0.3) is 0 Å². The predicted octanol–water partition coefficient (Wildman–Crippen LogP) is 3.79. The van der Waals surface area contributed by atoms with Crippen LogP contribution in [0.3, 0.4) is 0 Å². The van der Waals surface area contributed by atoms with Gasteiger partial charge in [-0.1, -0.05) is 37.6 Å². The molecular weight excluding hydrogens is 234 g/mol. The molecule has 0 aliphatic carbocycles. The summed E-state index contributed by atoms with van der Waals surface area (Å²) in [6.07, 6.45) is 0.969. The maximum Gasteiger partial charge on any atom is 0.0973 e. The van der Waals surface area contributed by atoms with Crippen molar-refractivity contribution in [2.75, 3.05) is 6.61 Å². The molecule has 0 aromatic heterocycles. The standard InChI is InChI=1S/C14H22ClNO/c1-10(2)7-8-17-14(11(3)16)12-5-4-6-13(15)9-12/h4-6,9-11,14H,7-8,16H2,1-3H3. The van der Waals surface area contributed by atoms with Gasteiger partial charge in [0.2, 0.25) is 0 Å². The molecule has 2 unspecified atom stereocenters. The van der Waals surface area contributed by atoms with Crippen LogP contribution in [0.15, 0.2) is 24.3 Å². The lowest BCUT2D eigenvalue weighted by molar-refractivity contribution is 0.0321. The van der Waals surface area contributed by atoms with E-state index >= 15 is 0 Å². The molecule has 0 saturated carbocycles. The van der Waals surface area contributed by atoms with E-state index in [-0.39, 0.29) is 12.1 Å². The van der Waals surface area contributed by atoms with E-state index in [1.165, 1.54) is 0 Å². The van der Waals surface area contributed by atoms with Crippen LogP contribution in [0.2, 0.25) is 5.02 Å².